The lowest BCUT2D eigenvalue weighted by atomic mass is 9.99. The summed E-state index contributed by atoms with van der Waals surface area (Å²) < 4.78 is 64.8. The second kappa shape index (κ2) is 8.76. The van der Waals surface area contributed by atoms with Crippen molar-refractivity contribution in [3.8, 4) is 0 Å². The van der Waals surface area contributed by atoms with Crippen LogP contribution in [0.15, 0.2) is 30.5 Å². The van der Waals surface area contributed by atoms with E-state index in [9.17, 15) is 31.2 Å². The number of primary amides is 1. The third-order valence-electron chi connectivity index (χ3n) is 5.49. The molecule has 2 amide bonds. The zero-order valence-electron chi connectivity index (χ0n) is 18.4. The van der Waals surface area contributed by atoms with Crippen molar-refractivity contribution in [2.45, 2.75) is 24.4 Å². The van der Waals surface area contributed by atoms with Crippen molar-refractivity contribution in [1.82, 2.24) is 10.5 Å². The summed E-state index contributed by atoms with van der Waals surface area (Å²) in [6.07, 6.45) is -1.83. The summed E-state index contributed by atoms with van der Waals surface area (Å²) >= 11 is 0. The van der Waals surface area contributed by atoms with Crippen molar-refractivity contribution in [2.75, 3.05) is 30.0 Å². The van der Waals surface area contributed by atoms with Gasteiger partial charge in [-0.05, 0) is 37.1 Å². The fourth-order valence-corrected chi connectivity index (χ4v) is 3.81. The largest absolute Gasteiger partial charge is 0.416 e. The molecule has 0 aliphatic heterocycles. The predicted octanol–water partition coefficient (Wildman–Crippen LogP) is 2.05. The van der Waals surface area contributed by atoms with E-state index >= 15 is 0 Å². The summed E-state index contributed by atoms with van der Waals surface area (Å²) in [6, 6.07) is 3.86. The third kappa shape index (κ3) is 4.92. The first-order valence-corrected chi connectivity index (χ1v) is 11.6. The number of aromatic nitrogens is 1. The zero-order valence-corrected chi connectivity index (χ0v) is 19.2. The molecule has 34 heavy (non-hydrogen) atoms. The Balaban J connectivity index is 2.16. The number of nitrogens with two attached hydrogens (primary N) is 1. The van der Waals surface area contributed by atoms with Gasteiger partial charge >= 0.3 is 6.18 Å². The Kier molecular flexibility index (Phi) is 6.50. The van der Waals surface area contributed by atoms with Gasteiger partial charge in [0, 0.05) is 13.2 Å². The number of anilines is 3. The van der Waals surface area contributed by atoms with Crippen LogP contribution in [0.1, 0.15) is 34.5 Å². The maximum Gasteiger partial charge on any atom is 0.416 e. The van der Waals surface area contributed by atoms with Gasteiger partial charge in [0.25, 0.3) is 5.91 Å². The van der Waals surface area contributed by atoms with Crippen LogP contribution >= 0.6 is 0 Å². The Bertz CT molecular complexity index is 1250. The van der Waals surface area contributed by atoms with Crippen molar-refractivity contribution in [1.29, 1.82) is 0 Å². The molecule has 14 heteroatoms. The summed E-state index contributed by atoms with van der Waals surface area (Å²) in [5.41, 5.74) is 5.41. The Morgan fingerprint density at radius 1 is 1.21 bits per heavy atom. The number of sulfonamides is 1. The van der Waals surface area contributed by atoms with Crippen LogP contribution in [0.3, 0.4) is 0 Å². The van der Waals surface area contributed by atoms with Gasteiger partial charge in [0.1, 0.15) is 0 Å². The van der Waals surface area contributed by atoms with Crippen molar-refractivity contribution in [2.24, 2.45) is 5.73 Å². The Labute approximate surface area is 193 Å². The molecular formula is C20H22F3N5O5S. The number of rotatable bonds is 8. The van der Waals surface area contributed by atoms with Crippen LogP contribution in [0.5, 0.6) is 0 Å². The number of halogens is 3. The number of nitrogens with zero attached hydrogens (tertiary/aromatic N) is 2. The van der Waals surface area contributed by atoms with Crippen molar-refractivity contribution in [3.05, 3.63) is 47.3 Å². The molecule has 1 aromatic heterocycles. The summed E-state index contributed by atoms with van der Waals surface area (Å²) in [6.45, 7) is 0. The van der Waals surface area contributed by atoms with E-state index in [2.05, 4.69) is 20.6 Å². The first-order valence-electron chi connectivity index (χ1n) is 9.76. The molecule has 0 saturated heterocycles. The fourth-order valence-electron chi connectivity index (χ4n) is 3.30. The number of benzene rings is 1. The molecule has 0 spiro atoms. The van der Waals surface area contributed by atoms with Gasteiger partial charge in [0.15, 0.2) is 0 Å². The van der Waals surface area contributed by atoms with Crippen LogP contribution in [-0.4, -0.2) is 45.6 Å². The Morgan fingerprint density at radius 3 is 2.35 bits per heavy atom. The van der Waals surface area contributed by atoms with E-state index in [0.717, 1.165) is 25.4 Å². The number of nitrogens with one attached hydrogen (secondary N) is 2. The van der Waals surface area contributed by atoms with Gasteiger partial charge < -0.3 is 11.1 Å². The van der Waals surface area contributed by atoms with Gasteiger partial charge in [-0.15, -0.1) is 0 Å². The van der Waals surface area contributed by atoms with Crippen LogP contribution in [-0.2, 0) is 31.2 Å². The first kappa shape index (κ1) is 25.2. The maximum absolute atomic E-state index is 13.3. The number of carbonyl (C=O) groups excluding carboxylic acids is 2. The van der Waals surface area contributed by atoms with E-state index in [1.807, 2.05) is 0 Å². The molecule has 1 fully saturated rings. The van der Waals surface area contributed by atoms with E-state index < -0.39 is 39.0 Å². The molecular weight excluding hydrogens is 479 g/mol. The molecule has 0 atom stereocenters. The second-order valence-corrected chi connectivity index (χ2v) is 9.80. The SMILES string of the molecule is CONC(=O)c1cnc(C2(C(N)=O)CC2)cc1Nc1ccc(C(F)(F)F)cc1N(C)S(C)(=O)=O. The molecule has 1 aliphatic rings. The predicted molar refractivity (Wildman–Crippen MR) is 117 cm³/mol. The van der Waals surface area contributed by atoms with Crippen LogP contribution in [0.2, 0.25) is 0 Å². The highest BCUT2D eigenvalue weighted by Crippen LogP contribution is 2.48. The van der Waals surface area contributed by atoms with E-state index in [1.165, 1.54) is 19.4 Å². The number of hydroxylamine groups is 1. The van der Waals surface area contributed by atoms with Gasteiger partial charge in [-0.25, -0.2) is 13.9 Å². The van der Waals surface area contributed by atoms with E-state index in [1.54, 1.807) is 0 Å². The maximum atomic E-state index is 13.3. The fraction of sp³-hybridized carbons (Fsp3) is 0.350. The zero-order chi connectivity index (χ0) is 25.5. The van der Waals surface area contributed by atoms with Gasteiger partial charge in [-0.3, -0.25) is 23.7 Å². The van der Waals surface area contributed by atoms with Crippen LogP contribution in [0.4, 0.5) is 30.2 Å². The summed E-state index contributed by atoms with van der Waals surface area (Å²) in [5, 5.41) is 2.81. The van der Waals surface area contributed by atoms with Gasteiger partial charge in [0.2, 0.25) is 15.9 Å². The smallest absolute Gasteiger partial charge is 0.369 e. The van der Waals surface area contributed by atoms with Gasteiger partial charge in [-0.2, -0.15) is 13.2 Å². The van der Waals surface area contributed by atoms with E-state index in [-0.39, 0.29) is 28.3 Å². The number of hydrogen-bond donors (Lipinski definition) is 3. The molecule has 1 aromatic carbocycles. The Hall–Kier alpha value is -3.39. The lowest BCUT2D eigenvalue weighted by Crippen LogP contribution is -2.30. The van der Waals surface area contributed by atoms with Crippen molar-refractivity contribution >= 4 is 38.9 Å². The van der Waals surface area contributed by atoms with Gasteiger partial charge in [-0.1, -0.05) is 0 Å². The quantitative estimate of drug-likeness (QED) is 0.470. The topological polar surface area (TPSA) is 144 Å². The molecule has 0 bridgehead atoms. The first-order chi connectivity index (χ1) is 15.7. The van der Waals surface area contributed by atoms with E-state index in [0.29, 0.717) is 23.2 Å². The number of carbonyl (C=O) groups is 2. The highest BCUT2D eigenvalue weighted by Gasteiger charge is 2.51. The number of alkyl halides is 3. The minimum absolute atomic E-state index is 0.0477. The number of amides is 2. The number of hydrogen-bond acceptors (Lipinski definition) is 7. The average Bonchev–Trinajstić information content (AvgIpc) is 3.54. The van der Waals surface area contributed by atoms with Gasteiger partial charge in [0.05, 0.1) is 52.7 Å². The molecule has 2 aromatic rings. The molecule has 1 saturated carbocycles. The van der Waals surface area contributed by atoms with Crippen LogP contribution in [0.25, 0.3) is 0 Å². The summed E-state index contributed by atoms with van der Waals surface area (Å²) in [4.78, 5) is 33.2. The average molecular weight is 501 g/mol. The minimum atomic E-state index is -4.72. The molecule has 184 valence electrons. The Morgan fingerprint density at radius 2 is 1.85 bits per heavy atom. The van der Waals surface area contributed by atoms with Crippen molar-refractivity contribution < 1.29 is 36.0 Å². The molecule has 1 aliphatic carbocycles. The molecule has 0 radical (unpaired) electrons. The van der Waals surface area contributed by atoms with Crippen LogP contribution < -0.4 is 20.8 Å². The number of pyridine rings is 1. The lowest BCUT2D eigenvalue weighted by Gasteiger charge is -2.23. The van der Waals surface area contributed by atoms with E-state index in [4.69, 9.17) is 5.73 Å². The van der Waals surface area contributed by atoms with Crippen LogP contribution in [0, 0.1) is 0 Å². The second-order valence-electron chi connectivity index (χ2n) is 7.78. The standard InChI is InChI=1S/C20H22F3N5O5S/c1-28(34(3,31)32)15-8-11(20(21,22)23)4-5-13(15)26-14-9-16(19(6-7-19)18(24)30)25-10-12(14)17(29)27-33-2/h4-5,8-10H,6-7H2,1-3H3,(H2,24,30)(H,25,26)(H,27,29). The monoisotopic (exact) mass is 501 g/mol. The normalized spacial score (nSPS) is 14.9. The molecule has 3 rings (SSSR count). The highest BCUT2D eigenvalue weighted by molar-refractivity contribution is 7.92. The summed E-state index contributed by atoms with van der Waals surface area (Å²) in [5.74, 6) is -1.34. The summed E-state index contributed by atoms with van der Waals surface area (Å²) in [7, 11) is -1.65. The molecule has 10 nitrogen and oxygen atoms in total. The third-order valence-corrected chi connectivity index (χ3v) is 6.68. The minimum Gasteiger partial charge on any atom is -0.369 e. The lowest BCUT2D eigenvalue weighted by molar-refractivity contribution is -0.137. The molecule has 0 unspecified atom stereocenters. The molecule has 1 heterocycles. The molecule has 4 N–H and O–H groups in total. The van der Waals surface area contributed by atoms with Crippen molar-refractivity contribution in [3.63, 3.8) is 0 Å². The highest BCUT2D eigenvalue weighted by atomic mass is 32.2.